The van der Waals surface area contributed by atoms with Crippen LogP contribution >= 0.6 is 0 Å². The molecule has 1 saturated carbocycles. The van der Waals surface area contributed by atoms with Gasteiger partial charge in [-0.15, -0.1) is 0 Å². The average molecular weight is 304 g/mol. The summed E-state index contributed by atoms with van der Waals surface area (Å²) in [5.41, 5.74) is -0.365. The standard InChI is InChI=1S/C14H28N2O3S/c1-13(2,16-20(5,17)18)9-15-11-10-7-6-8-19-12(10)14(11,3)4/h10-12,15-16H,6-9H2,1-5H3. The molecule has 0 bridgehead atoms. The van der Waals surface area contributed by atoms with Crippen LogP contribution in [0.3, 0.4) is 0 Å². The monoisotopic (exact) mass is 304 g/mol. The number of hydrogen-bond donors (Lipinski definition) is 2. The number of fused-ring (bicyclic) bond motifs is 1. The molecule has 2 fully saturated rings. The third kappa shape index (κ3) is 3.35. The second kappa shape index (κ2) is 5.23. The number of nitrogens with one attached hydrogen (secondary N) is 2. The summed E-state index contributed by atoms with van der Waals surface area (Å²) >= 11 is 0. The Balaban J connectivity index is 1.93. The van der Waals surface area contributed by atoms with Gasteiger partial charge in [0.1, 0.15) is 0 Å². The quantitative estimate of drug-likeness (QED) is 0.798. The van der Waals surface area contributed by atoms with Crippen LogP contribution in [-0.2, 0) is 14.8 Å². The van der Waals surface area contributed by atoms with Crippen molar-refractivity contribution in [1.29, 1.82) is 0 Å². The minimum atomic E-state index is -3.19. The van der Waals surface area contributed by atoms with E-state index < -0.39 is 15.6 Å². The Kier molecular flexibility index (Phi) is 4.24. The Labute approximate surface area is 122 Å². The Morgan fingerprint density at radius 1 is 1.35 bits per heavy atom. The normalized spacial score (nSPS) is 33.4. The summed E-state index contributed by atoms with van der Waals surface area (Å²) in [5.74, 6) is 0.563. The highest BCUT2D eigenvalue weighted by Gasteiger charge is 2.57. The zero-order valence-corrected chi connectivity index (χ0v) is 14.0. The molecule has 3 unspecified atom stereocenters. The van der Waals surface area contributed by atoms with Gasteiger partial charge in [-0.3, -0.25) is 0 Å². The van der Waals surface area contributed by atoms with Gasteiger partial charge >= 0.3 is 0 Å². The first kappa shape index (κ1) is 16.2. The van der Waals surface area contributed by atoms with Crippen LogP contribution < -0.4 is 10.0 Å². The van der Waals surface area contributed by atoms with Crippen LogP contribution in [0.5, 0.6) is 0 Å². The second-order valence-corrected chi connectivity index (χ2v) is 9.28. The maximum absolute atomic E-state index is 11.4. The topological polar surface area (TPSA) is 67.4 Å². The summed E-state index contributed by atoms with van der Waals surface area (Å²) in [6, 6.07) is 0.397. The first-order valence-corrected chi connectivity index (χ1v) is 9.26. The Morgan fingerprint density at radius 2 is 2.00 bits per heavy atom. The van der Waals surface area contributed by atoms with Crippen LogP contribution in [0.4, 0.5) is 0 Å². The summed E-state index contributed by atoms with van der Waals surface area (Å²) < 4.78 is 31.3. The van der Waals surface area contributed by atoms with Gasteiger partial charge in [0.15, 0.2) is 0 Å². The fraction of sp³-hybridized carbons (Fsp3) is 1.00. The smallest absolute Gasteiger partial charge is 0.209 e. The van der Waals surface area contributed by atoms with Crippen LogP contribution in [0, 0.1) is 11.3 Å². The van der Waals surface area contributed by atoms with Crippen LogP contribution in [-0.4, -0.2) is 45.5 Å². The molecular formula is C14H28N2O3S. The van der Waals surface area contributed by atoms with E-state index in [-0.39, 0.29) is 5.41 Å². The molecule has 5 nitrogen and oxygen atoms in total. The van der Waals surface area contributed by atoms with E-state index in [4.69, 9.17) is 4.74 Å². The molecule has 2 aliphatic rings. The maximum Gasteiger partial charge on any atom is 0.209 e. The average Bonchev–Trinajstić information content (AvgIpc) is 2.25. The van der Waals surface area contributed by atoms with Crippen molar-refractivity contribution in [2.75, 3.05) is 19.4 Å². The first-order valence-electron chi connectivity index (χ1n) is 7.37. The van der Waals surface area contributed by atoms with Gasteiger partial charge in [-0.25, -0.2) is 13.1 Å². The van der Waals surface area contributed by atoms with Crippen molar-refractivity contribution in [3.63, 3.8) is 0 Å². The van der Waals surface area contributed by atoms with Crippen molar-refractivity contribution in [3.05, 3.63) is 0 Å². The van der Waals surface area contributed by atoms with Gasteiger partial charge in [0.25, 0.3) is 0 Å². The number of ether oxygens (including phenoxy) is 1. The summed E-state index contributed by atoms with van der Waals surface area (Å²) in [6.07, 6.45) is 3.87. The molecule has 0 aromatic rings. The molecule has 0 spiro atoms. The molecule has 0 aromatic heterocycles. The largest absolute Gasteiger partial charge is 0.377 e. The molecule has 118 valence electrons. The molecule has 2 N–H and O–H groups in total. The molecule has 1 aliphatic carbocycles. The van der Waals surface area contributed by atoms with Gasteiger partial charge in [-0.1, -0.05) is 13.8 Å². The lowest BCUT2D eigenvalue weighted by Gasteiger charge is -2.60. The molecule has 1 heterocycles. The van der Waals surface area contributed by atoms with Crippen LogP contribution in [0.15, 0.2) is 0 Å². The van der Waals surface area contributed by atoms with Crippen LogP contribution in [0.25, 0.3) is 0 Å². The van der Waals surface area contributed by atoms with E-state index in [1.807, 2.05) is 13.8 Å². The summed E-state index contributed by atoms with van der Waals surface area (Å²) in [6.45, 7) is 9.77. The van der Waals surface area contributed by atoms with Crippen molar-refractivity contribution in [3.8, 4) is 0 Å². The molecular weight excluding hydrogens is 276 g/mol. The molecule has 2 rings (SSSR count). The highest BCUT2D eigenvalue weighted by atomic mass is 32.2. The number of sulfonamides is 1. The first-order chi connectivity index (χ1) is 9.03. The zero-order chi connectivity index (χ0) is 15.2. The molecule has 1 aliphatic heterocycles. The highest BCUT2D eigenvalue weighted by Crippen LogP contribution is 2.51. The van der Waals surface area contributed by atoms with Crippen molar-refractivity contribution < 1.29 is 13.2 Å². The van der Waals surface area contributed by atoms with Crippen LogP contribution in [0.1, 0.15) is 40.5 Å². The van der Waals surface area contributed by atoms with E-state index in [1.165, 1.54) is 12.7 Å². The fourth-order valence-electron chi connectivity index (χ4n) is 3.84. The number of rotatable bonds is 5. The minimum absolute atomic E-state index is 0.117. The molecule has 6 heteroatoms. The lowest BCUT2D eigenvalue weighted by Crippen LogP contribution is -2.70. The predicted molar refractivity (Wildman–Crippen MR) is 80.1 cm³/mol. The molecule has 20 heavy (non-hydrogen) atoms. The minimum Gasteiger partial charge on any atom is -0.377 e. The third-order valence-corrected chi connectivity index (χ3v) is 5.48. The molecule has 0 radical (unpaired) electrons. The molecule has 3 atom stereocenters. The Bertz CT molecular complexity index is 459. The van der Waals surface area contributed by atoms with Crippen LogP contribution in [0.2, 0.25) is 0 Å². The maximum atomic E-state index is 11.4. The lowest BCUT2D eigenvalue weighted by atomic mass is 9.55. The summed E-state index contributed by atoms with van der Waals surface area (Å²) in [5, 5.41) is 3.56. The van der Waals surface area contributed by atoms with E-state index in [9.17, 15) is 8.42 Å². The molecule has 0 aromatic carbocycles. The SMILES string of the molecule is CC(C)(CNC1C2CCCOC2C1(C)C)NS(C)(=O)=O. The zero-order valence-electron chi connectivity index (χ0n) is 13.2. The predicted octanol–water partition coefficient (Wildman–Crippen LogP) is 1.11. The van der Waals surface area contributed by atoms with E-state index >= 15 is 0 Å². The fourth-order valence-corrected chi connectivity index (χ4v) is 4.92. The van der Waals surface area contributed by atoms with E-state index in [2.05, 4.69) is 23.9 Å². The van der Waals surface area contributed by atoms with E-state index in [1.54, 1.807) is 0 Å². The Morgan fingerprint density at radius 3 is 2.60 bits per heavy atom. The number of hydrogen-bond acceptors (Lipinski definition) is 4. The van der Waals surface area contributed by atoms with Gasteiger partial charge in [0.2, 0.25) is 10.0 Å². The highest BCUT2D eigenvalue weighted by molar-refractivity contribution is 7.88. The summed E-state index contributed by atoms with van der Waals surface area (Å²) in [7, 11) is -3.19. The molecule has 1 saturated heterocycles. The van der Waals surface area contributed by atoms with Crippen molar-refractivity contribution >= 4 is 10.0 Å². The third-order valence-electron chi connectivity index (χ3n) is 4.56. The van der Waals surface area contributed by atoms with E-state index in [0.717, 1.165) is 13.0 Å². The Hall–Kier alpha value is -0.170. The molecule has 0 amide bonds. The van der Waals surface area contributed by atoms with Gasteiger partial charge in [-0.05, 0) is 26.7 Å². The van der Waals surface area contributed by atoms with Crippen molar-refractivity contribution in [2.24, 2.45) is 11.3 Å². The van der Waals surface area contributed by atoms with Gasteiger partial charge in [-0.2, -0.15) is 0 Å². The van der Waals surface area contributed by atoms with Crippen molar-refractivity contribution in [2.45, 2.75) is 58.2 Å². The summed E-state index contributed by atoms with van der Waals surface area (Å²) in [4.78, 5) is 0. The second-order valence-electron chi connectivity index (χ2n) is 7.54. The van der Waals surface area contributed by atoms with Gasteiger partial charge < -0.3 is 10.1 Å². The van der Waals surface area contributed by atoms with Gasteiger partial charge in [0.05, 0.1) is 12.4 Å². The van der Waals surface area contributed by atoms with Crippen molar-refractivity contribution in [1.82, 2.24) is 10.0 Å². The van der Waals surface area contributed by atoms with Gasteiger partial charge in [0, 0.05) is 36.1 Å². The van der Waals surface area contributed by atoms with E-state index in [0.29, 0.717) is 24.6 Å². The lowest BCUT2D eigenvalue weighted by molar-refractivity contribution is -0.193.